The van der Waals surface area contributed by atoms with Crippen LogP contribution in [0.3, 0.4) is 0 Å². The minimum Gasteiger partial charge on any atom is -0.345 e. The molecule has 9 heteroatoms. The van der Waals surface area contributed by atoms with Crippen molar-refractivity contribution < 1.29 is 14.0 Å². The van der Waals surface area contributed by atoms with Crippen molar-refractivity contribution in [2.45, 2.75) is 11.7 Å². The number of halogens is 2. The standard InChI is InChI=1S/C21H18ClFN4O2S/c1-27-19(12-24-20(29)11-8-14-4-2-3-5-17(14)22)25-26-21(27)30-13-18(28)15-6-9-16(23)10-7-15/h2-11H,12-13H2,1H3,(H,24,29)/b11-8+. The summed E-state index contributed by atoms with van der Waals surface area (Å²) in [6.07, 6.45) is 3.03. The van der Waals surface area contributed by atoms with E-state index in [1.165, 1.54) is 42.1 Å². The van der Waals surface area contributed by atoms with E-state index in [4.69, 9.17) is 11.6 Å². The topological polar surface area (TPSA) is 76.9 Å². The summed E-state index contributed by atoms with van der Waals surface area (Å²) in [7, 11) is 1.76. The number of benzene rings is 2. The molecule has 30 heavy (non-hydrogen) atoms. The first-order valence-corrected chi connectivity index (χ1v) is 10.3. The Labute approximate surface area is 182 Å². The third kappa shape index (κ3) is 5.77. The SMILES string of the molecule is Cn1c(CNC(=O)/C=C/c2ccccc2Cl)nnc1SCC(=O)c1ccc(F)cc1. The summed E-state index contributed by atoms with van der Waals surface area (Å²) in [5.74, 6) is -0.127. The number of aromatic nitrogens is 3. The van der Waals surface area contributed by atoms with Crippen molar-refractivity contribution in [3.05, 3.63) is 82.4 Å². The lowest BCUT2D eigenvalue weighted by Crippen LogP contribution is -2.22. The third-order valence-corrected chi connectivity index (χ3v) is 5.53. The zero-order chi connectivity index (χ0) is 21.5. The van der Waals surface area contributed by atoms with E-state index in [1.807, 2.05) is 18.2 Å². The van der Waals surface area contributed by atoms with Crippen molar-refractivity contribution in [2.24, 2.45) is 7.05 Å². The Morgan fingerprint density at radius 1 is 1.17 bits per heavy atom. The fraction of sp³-hybridized carbons (Fsp3) is 0.143. The number of ketones is 1. The zero-order valence-corrected chi connectivity index (χ0v) is 17.6. The van der Waals surface area contributed by atoms with E-state index < -0.39 is 0 Å². The molecular formula is C21H18ClFN4O2S. The number of amides is 1. The number of hydrogen-bond donors (Lipinski definition) is 1. The van der Waals surface area contributed by atoms with Crippen LogP contribution in [0.25, 0.3) is 6.08 Å². The highest BCUT2D eigenvalue weighted by Gasteiger charge is 2.13. The Morgan fingerprint density at radius 2 is 1.90 bits per heavy atom. The van der Waals surface area contributed by atoms with Gasteiger partial charge in [-0.1, -0.05) is 41.6 Å². The van der Waals surface area contributed by atoms with E-state index in [0.717, 1.165) is 5.56 Å². The highest BCUT2D eigenvalue weighted by molar-refractivity contribution is 7.99. The minimum absolute atomic E-state index is 0.137. The van der Waals surface area contributed by atoms with Crippen LogP contribution >= 0.6 is 23.4 Å². The van der Waals surface area contributed by atoms with E-state index in [0.29, 0.717) is 21.6 Å². The van der Waals surface area contributed by atoms with Gasteiger partial charge in [-0.2, -0.15) is 0 Å². The maximum absolute atomic E-state index is 13.0. The first-order chi connectivity index (χ1) is 14.4. The molecule has 0 aliphatic carbocycles. The van der Waals surface area contributed by atoms with Crippen LogP contribution < -0.4 is 5.32 Å². The van der Waals surface area contributed by atoms with Crippen LogP contribution in [0.2, 0.25) is 5.02 Å². The van der Waals surface area contributed by atoms with Crippen LogP contribution in [0, 0.1) is 5.82 Å². The quantitative estimate of drug-likeness (QED) is 0.324. The molecule has 0 saturated heterocycles. The first kappa shape index (κ1) is 21.7. The van der Waals surface area contributed by atoms with Crippen LogP contribution in [0.4, 0.5) is 4.39 Å². The number of thioether (sulfide) groups is 1. The first-order valence-electron chi connectivity index (χ1n) is 8.94. The van der Waals surface area contributed by atoms with Crippen LogP contribution in [0.15, 0.2) is 59.8 Å². The van der Waals surface area contributed by atoms with Gasteiger partial charge in [-0.25, -0.2) is 4.39 Å². The fourth-order valence-electron chi connectivity index (χ4n) is 2.47. The van der Waals surface area contributed by atoms with Crippen molar-refractivity contribution in [1.29, 1.82) is 0 Å². The molecule has 3 aromatic rings. The second kappa shape index (κ2) is 10.2. The Balaban J connectivity index is 1.52. The molecular weight excluding hydrogens is 427 g/mol. The van der Waals surface area contributed by atoms with E-state index in [1.54, 1.807) is 23.8 Å². The van der Waals surface area contributed by atoms with Crippen LogP contribution in [0.5, 0.6) is 0 Å². The molecule has 3 rings (SSSR count). The van der Waals surface area contributed by atoms with Gasteiger partial charge in [0.05, 0.1) is 12.3 Å². The summed E-state index contributed by atoms with van der Waals surface area (Å²) in [5, 5.41) is 11.9. The van der Waals surface area contributed by atoms with Gasteiger partial charge in [0.15, 0.2) is 16.8 Å². The molecule has 0 fully saturated rings. The van der Waals surface area contributed by atoms with Crippen molar-refractivity contribution in [3.63, 3.8) is 0 Å². The summed E-state index contributed by atoms with van der Waals surface area (Å²) in [5.41, 5.74) is 1.18. The Kier molecular flexibility index (Phi) is 7.37. The predicted molar refractivity (Wildman–Crippen MR) is 115 cm³/mol. The average Bonchev–Trinajstić information content (AvgIpc) is 3.10. The van der Waals surface area contributed by atoms with Crippen LogP contribution in [-0.4, -0.2) is 32.2 Å². The van der Waals surface area contributed by atoms with Gasteiger partial charge in [0.25, 0.3) is 0 Å². The van der Waals surface area contributed by atoms with Crippen molar-refractivity contribution in [3.8, 4) is 0 Å². The van der Waals surface area contributed by atoms with Gasteiger partial charge in [-0.3, -0.25) is 9.59 Å². The van der Waals surface area contributed by atoms with Crippen LogP contribution in [-0.2, 0) is 18.4 Å². The summed E-state index contributed by atoms with van der Waals surface area (Å²) in [6, 6.07) is 12.6. The number of hydrogen-bond acceptors (Lipinski definition) is 5. The summed E-state index contributed by atoms with van der Waals surface area (Å²) < 4.78 is 14.7. The second-order valence-electron chi connectivity index (χ2n) is 6.25. The average molecular weight is 445 g/mol. The lowest BCUT2D eigenvalue weighted by molar-refractivity contribution is -0.116. The maximum Gasteiger partial charge on any atom is 0.244 e. The molecule has 0 spiro atoms. The number of rotatable bonds is 8. The molecule has 154 valence electrons. The Morgan fingerprint density at radius 3 is 2.63 bits per heavy atom. The van der Waals surface area contributed by atoms with Gasteiger partial charge < -0.3 is 9.88 Å². The molecule has 0 aliphatic rings. The fourth-order valence-corrected chi connectivity index (χ4v) is 3.50. The minimum atomic E-state index is -0.388. The second-order valence-corrected chi connectivity index (χ2v) is 7.60. The lowest BCUT2D eigenvalue weighted by atomic mass is 10.1. The Bertz CT molecular complexity index is 1080. The Hall–Kier alpha value is -2.97. The van der Waals surface area contributed by atoms with Crippen molar-refractivity contribution in [2.75, 3.05) is 5.75 Å². The molecule has 0 bridgehead atoms. The van der Waals surface area contributed by atoms with E-state index >= 15 is 0 Å². The van der Waals surface area contributed by atoms with Gasteiger partial charge in [-0.15, -0.1) is 10.2 Å². The van der Waals surface area contributed by atoms with E-state index in [-0.39, 0.29) is 29.8 Å². The molecule has 2 aromatic carbocycles. The molecule has 0 atom stereocenters. The molecule has 0 unspecified atom stereocenters. The molecule has 1 aromatic heterocycles. The van der Waals surface area contributed by atoms with Crippen LogP contribution in [0.1, 0.15) is 21.7 Å². The number of carbonyl (C=O) groups is 2. The summed E-state index contributed by atoms with van der Waals surface area (Å²) in [4.78, 5) is 24.2. The highest BCUT2D eigenvalue weighted by Crippen LogP contribution is 2.18. The largest absolute Gasteiger partial charge is 0.345 e. The molecule has 1 heterocycles. The number of Topliss-reactive ketones (excluding diaryl/α,β-unsaturated/α-hetero) is 1. The van der Waals surface area contributed by atoms with Gasteiger partial charge in [0.1, 0.15) is 5.82 Å². The maximum atomic E-state index is 13.0. The van der Waals surface area contributed by atoms with Crippen molar-refractivity contribution in [1.82, 2.24) is 20.1 Å². The molecule has 0 aliphatic heterocycles. The molecule has 0 saturated carbocycles. The third-order valence-electron chi connectivity index (χ3n) is 4.16. The van der Waals surface area contributed by atoms with E-state index in [2.05, 4.69) is 15.5 Å². The monoisotopic (exact) mass is 444 g/mol. The molecule has 0 radical (unpaired) electrons. The normalized spacial score (nSPS) is 11.0. The van der Waals surface area contributed by atoms with Crippen molar-refractivity contribution >= 4 is 41.1 Å². The highest BCUT2D eigenvalue weighted by atomic mass is 35.5. The van der Waals surface area contributed by atoms with Gasteiger partial charge in [0.2, 0.25) is 5.91 Å². The summed E-state index contributed by atoms with van der Waals surface area (Å²) >= 11 is 7.28. The van der Waals surface area contributed by atoms with Gasteiger partial charge in [-0.05, 0) is 42.0 Å². The number of nitrogens with zero attached hydrogens (tertiary/aromatic N) is 3. The van der Waals surface area contributed by atoms with Gasteiger partial charge >= 0.3 is 0 Å². The lowest BCUT2D eigenvalue weighted by Gasteiger charge is -2.05. The smallest absolute Gasteiger partial charge is 0.244 e. The predicted octanol–water partition coefficient (Wildman–Crippen LogP) is 3.91. The van der Waals surface area contributed by atoms with Gasteiger partial charge in [0, 0.05) is 23.7 Å². The summed E-state index contributed by atoms with van der Waals surface area (Å²) in [6.45, 7) is 0.182. The molecule has 1 N–H and O–H groups in total. The molecule has 6 nitrogen and oxygen atoms in total. The zero-order valence-electron chi connectivity index (χ0n) is 16.0. The molecule has 1 amide bonds. The number of nitrogens with one attached hydrogen (secondary N) is 1. The van der Waals surface area contributed by atoms with E-state index in [9.17, 15) is 14.0 Å². The number of carbonyl (C=O) groups excluding carboxylic acids is 2.